The van der Waals surface area contributed by atoms with E-state index in [-0.39, 0.29) is 12.5 Å². The summed E-state index contributed by atoms with van der Waals surface area (Å²) >= 11 is 11.3. The lowest BCUT2D eigenvalue weighted by atomic mass is 10.5. The highest BCUT2D eigenvalue weighted by atomic mass is 35.5. The predicted octanol–water partition coefficient (Wildman–Crippen LogP) is 3.81. The fourth-order valence-corrected chi connectivity index (χ4v) is 2.83. The largest absolute Gasteiger partial charge is 0.374 e. The maximum atomic E-state index is 12.2. The first kappa shape index (κ1) is 16.7. The van der Waals surface area contributed by atoms with E-state index in [0.717, 1.165) is 12.8 Å². The van der Waals surface area contributed by atoms with Crippen LogP contribution in [0.4, 0.5) is 0 Å². The Balaban J connectivity index is 4.31. The van der Waals surface area contributed by atoms with Crippen molar-refractivity contribution in [2.24, 2.45) is 0 Å². The molecular formula is C9H19Cl2O4P. The van der Waals surface area contributed by atoms with Gasteiger partial charge in [-0.1, -0.05) is 25.4 Å². The number of alkyl halides is 2. The zero-order valence-corrected chi connectivity index (χ0v) is 12.1. The van der Waals surface area contributed by atoms with Crippen LogP contribution in [0.1, 0.15) is 26.7 Å². The van der Waals surface area contributed by atoms with Crippen molar-refractivity contribution in [3.05, 3.63) is 0 Å². The molecule has 0 N–H and O–H groups in total. The van der Waals surface area contributed by atoms with Crippen molar-refractivity contribution < 1.29 is 18.3 Å². The zero-order valence-electron chi connectivity index (χ0n) is 9.66. The Labute approximate surface area is 107 Å². The molecule has 0 aromatic heterocycles. The van der Waals surface area contributed by atoms with Gasteiger partial charge in [-0.25, -0.2) is 0 Å². The van der Waals surface area contributed by atoms with E-state index in [1.807, 2.05) is 13.8 Å². The van der Waals surface area contributed by atoms with Gasteiger partial charge in [0.2, 0.25) is 5.30 Å². The van der Waals surface area contributed by atoms with Gasteiger partial charge < -0.3 is 13.8 Å². The Kier molecular flexibility index (Phi) is 10.1. The highest BCUT2D eigenvalue weighted by Gasteiger charge is 2.35. The van der Waals surface area contributed by atoms with E-state index in [2.05, 4.69) is 0 Å². The molecule has 0 aliphatic rings. The molecule has 0 saturated heterocycles. The molecule has 0 aromatic rings. The molecule has 0 rings (SSSR count). The molecule has 0 aromatic carbocycles. The first-order valence-electron chi connectivity index (χ1n) is 5.31. The number of hydrogen-bond acceptors (Lipinski definition) is 4. The predicted molar refractivity (Wildman–Crippen MR) is 66.4 cm³/mol. The smallest absolute Gasteiger partial charge is 0.352 e. The summed E-state index contributed by atoms with van der Waals surface area (Å²) in [5.41, 5.74) is 0. The van der Waals surface area contributed by atoms with Gasteiger partial charge in [-0.2, -0.15) is 0 Å². The minimum absolute atomic E-state index is 0.126. The normalized spacial score (nSPS) is 17.0. The maximum absolute atomic E-state index is 12.2. The van der Waals surface area contributed by atoms with E-state index in [9.17, 15) is 4.57 Å². The van der Waals surface area contributed by atoms with Crippen molar-refractivity contribution in [2.75, 3.05) is 25.7 Å². The molecule has 0 bridgehead atoms. The quantitative estimate of drug-likeness (QED) is 0.454. The van der Waals surface area contributed by atoms with E-state index < -0.39 is 12.9 Å². The fraction of sp³-hybridized carbons (Fsp3) is 1.00. The highest BCUT2D eigenvalue weighted by Crippen LogP contribution is 2.55. The Morgan fingerprint density at radius 2 is 1.69 bits per heavy atom. The average Bonchev–Trinajstić information content (AvgIpc) is 2.30. The second-order valence-electron chi connectivity index (χ2n) is 3.06. The summed E-state index contributed by atoms with van der Waals surface area (Å²) in [6, 6.07) is 0. The van der Waals surface area contributed by atoms with Gasteiger partial charge >= 0.3 is 7.60 Å². The third-order valence-electron chi connectivity index (χ3n) is 1.53. The van der Waals surface area contributed by atoms with Gasteiger partial charge in [0.1, 0.15) is 0 Å². The van der Waals surface area contributed by atoms with Crippen LogP contribution in [0.15, 0.2) is 0 Å². The highest BCUT2D eigenvalue weighted by molar-refractivity contribution is 7.56. The summed E-state index contributed by atoms with van der Waals surface area (Å²) in [6.45, 7) is 4.69. The van der Waals surface area contributed by atoms with Crippen LogP contribution in [0.3, 0.4) is 0 Å². The van der Waals surface area contributed by atoms with Crippen molar-refractivity contribution in [3.63, 3.8) is 0 Å². The van der Waals surface area contributed by atoms with Crippen LogP contribution in [-0.4, -0.2) is 31.0 Å². The topological polar surface area (TPSA) is 44.8 Å². The summed E-state index contributed by atoms with van der Waals surface area (Å²) < 4.78 is 27.6. The van der Waals surface area contributed by atoms with E-state index in [1.54, 1.807) is 0 Å². The van der Waals surface area contributed by atoms with Crippen LogP contribution in [0.5, 0.6) is 0 Å². The van der Waals surface area contributed by atoms with E-state index >= 15 is 0 Å². The number of ether oxygens (including phenoxy) is 1. The molecule has 16 heavy (non-hydrogen) atoms. The standard InChI is InChI=1S/C9H19Cl2O4P/c1-3-6-13-9(11)16(12,14-7-4-2)15-8-5-10/h9H,3-8H2,1-2H3. The molecular weight excluding hydrogens is 274 g/mol. The van der Waals surface area contributed by atoms with Crippen LogP contribution < -0.4 is 0 Å². The molecule has 0 fully saturated rings. The first-order valence-corrected chi connectivity index (χ1v) is 7.89. The molecule has 2 atom stereocenters. The van der Waals surface area contributed by atoms with Crippen molar-refractivity contribution in [2.45, 2.75) is 32.0 Å². The molecule has 2 unspecified atom stereocenters. The second-order valence-corrected chi connectivity index (χ2v) is 6.20. The molecule has 7 heteroatoms. The van der Waals surface area contributed by atoms with Gasteiger partial charge in [0.15, 0.2) is 0 Å². The van der Waals surface area contributed by atoms with Crippen LogP contribution in [0.25, 0.3) is 0 Å². The Morgan fingerprint density at radius 1 is 1.12 bits per heavy atom. The van der Waals surface area contributed by atoms with E-state index in [0.29, 0.717) is 13.2 Å². The van der Waals surface area contributed by atoms with Crippen LogP contribution in [0.2, 0.25) is 0 Å². The minimum atomic E-state index is -3.41. The number of halogens is 2. The van der Waals surface area contributed by atoms with E-state index in [1.165, 1.54) is 0 Å². The second kappa shape index (κ2) is 9.69. The molecule has 0 aliphatic heterocycles. The van der Waals surface area contributed by atoms with Crippen molar-refractivity contribution in [1.29, 1.82) is 0 Å². The molecule has 4 nitrogen and oxygen atoms in total. The first-order chi connectivity index (χ1) is 7.60. The van der Waals surface area contributed by atoms with Gasteiger partial charge in [-0.05, 0) is 12.8 Å². The number of hydrogen-bond donors (Lipinski definition) is 0. The lowest BCUT2D eigenvalue weighted by Crippen LogP contribution is -2.13. The van der Waals surface area contributed by atoms with Gasteiger partial charge in [-0.15, -0.1) is 11.6 Å². The Bertz CT molecular complexity index is 204. The lowest BCUT2D eigenvalue weighted by Gasteiger charge is -2.22. The minimum Gasteiger partial charge on any atom is -0.352 e. The van der Waals surface area contributed by atoms with E-state index in [4.69, 9.17) is 37.0 Å². The fourth-order valence-electron chi connectivity index (χ4n) is 0.841. The summed E-state index contributed by atoms with van der Waals surface area (Å²) in [4.78, 5) is 0. The molecule has 0 spiro atoms. The van der Waals surface area contributed by atoms with Crippen LogP contribution >= 0.6 is 30.8 Å². The van der Waals surface area contributed by atoms with Crippen molar-refractivity contribution >= 4 is 30.8 Å². The molecule has 0 radical (unpaired) electrons. The Morgan fingerprint density at radius 3 is 2.19 bits per heavy atom. The SMILES string of the molecule is CCCOC(Cl)P(=O)(OCCC)OCCCl. The summed E-state index contributed by atoms with van der Waals surface area (Å²) in [7, 11) is -3.41. The van der Waals surface area contributed by atoms with Gasteiger partial charge in [0.25, 0.3) is 0 Å². The molecule has 0 aliphatic carbocycles. The van der Waals surface area contributed by atoms with Crippen molar-refractivity contribution in [3.8, 4) is 0 Å². The third-order valence-corrected chi connectivity index (χ3v) is 4.26. The van der Waals surface area contributed by atoms with Gasteiger partial charge in [0.05, 0.1) is 13.2 Å². The molecule has 0 saturated carbocycles. The third kappa shape index (κ3) is 6.43. The summed E-state index contributed by atoms with van der Waals surface area (Å²) in [6.07, 6.45) is 1.51. The van der Waals surface area contributed by atoms with Gasteiger partial charge in [0, 0.05) is 12.5 Å². The van der Waals surface area contributed by atoms with Crippen molar-refractivity contribution in [1.82, 2.24) is 0 Å². The maximum Gasteiger partial charge on any atom is 0.374 e. The van der Waals surface area contributed by atoms with Crippen LogP contribution in [-0.2, 0) is 18.3 Å². The molecule has 0 heterocycles. The lowest BCUT2D eigenvalue weighted by molar-refractivity contribution is 0.110. The molecule has 0 amide bonds. The van der Waals surface area contributed by atoms with Gasteiger partial charge in [-0.3, -0.25) is 4.57 Å². The summed E-state index contributed by atoms with van der Waals surface area (Å²) in [5.74, 6) is 0.233. The average molecular weight is 293 g/mol. The molecule has 98 valence electrons. The number of rotatable bonds is 10. The zero-order chi connectivity index (χ0) is 12.4. The summed E-state index contributed by atoms with van der Waals surface area (Å²) in [5, 5.41) is -1.07. The Hall–Kier alpha value is 0.690. The monoisotopic (exact) mass is 292 g/mol. The van der Waals surface area contributed by atoms with Crippen LogP contribution in [0, 0.1) is 0 Å².